The van der Waals surface area contributed by atoms with E-state index < -0.39 is 22.4 Å². The second kappa shape index (κ2) is 5.04. The van der Waals surface area contributed by atoms with Crippen molar-refractivity contribution in [1.29, 1.82) is 0 Å². The molecular formula is C10H7F3N4O2S. The van der Waals surface area contributed by atoms with Crippen LogP contribution in [0.4, 0.5) is 24.5 Å². The Morgan fingerprint density at radius 1 is 1.40 bits per heavy atom. The minimum atomic E-state index is -4.73. The number of nitrogen functional groups attached to an aromatic ring is 1. The maximum atomic E-state index is 12.9. The molecule has 0 radical (unpaired) electrons. The van der Waals surface area contributed by atoms with Crippen LogP contribution in [0.25, 0.3) is 0 Å². The Bertz CT molecular complexity index is 643. The summed E-state index contributed by atoms with van der Waals surface area (Å²) in [7, 11) is 0. The third-order valence-corrected chi connectivity index (χ3v) is 3.29. The zero-order valence-corrected chi connectivity index (χ0v) is 10.5. The summed E-state index contributed by atoms with van der Waals surface area (Å²) in [6.07, 6.45) is -1.90. The number of aromatic amines is 1. The Morgan fingerprint density at radius 2 is 2.10 bits per heavy atom. The average Bonchev–Trinajstić information content (AvgIpc) is 2.79. The van der Waals surface area contributed by atoms with Gasteiger partial charge < -0.3 is 10.7 Å². The monoisotopic (exact) mass is 304 g/mol. The molecule has 0 atom stereocenters. The van der Waals surface area contributed by atoms with E-state index in [0.717, 1.165) is 6.07 Å². The first-order valence-corrected chi connectivity index (χ1v) is 5.93. The van der Waals surface area contributed by atoms with Gasteiger partial charge in [-0.1, -0.05) is 11.8 Å². The number of nitrogens with zero attached hydrogens (tertiary/aromatic N) is 2. The van der Waals surface area contributed by atoms with Crippen LogP contribution in [-0.2, 0) is 6.18 Å². The van der Waals surface area contributed by atoms with Gasteiger partial charge >= 0.3 is 6.18 Å². The van der Waals surface area contributed by atoms with Crippen molar-refractivity contribution in [2.45, 2.75) is 16.2 Å². The smallest absolute Gasteiger partial charge is 0.393 e. The predicted octanol–water partition coefficient (Wildman–Crippen LogP) is 3.07. The molecule has 20 heavy (non-hydrogen) atoms. The molecule has 0 amide bonds. The van der Waals surface area contributed by atoms with E-state index in [-0.39, 0.29) is 15.7 Å². The first kappa shape index (κ1) is 14.2. The molecular weight excluding hydrogens is 297 g/mol. The molecule has 0 fully saturated rings. The predicted molar refractivity (Wildman–Crippen MR) is 65.2 cm³/mol. The van der Waals surface area contributed by atoms with Crippen molar-refractivity contribution in [3.05, 3.63) is 40.2 Å². The standard InChI is InChI=1S/C10H7F3N4O2S/c11-10(12,13)5-3-7(17(18)19)6(14)4-8(5)20-9-15-1-2-16-9/h1-4H,14H2,(H,15,16). The minimum absolute atomic E-state index is 0.226. The molecule has 0 bridgehead atoms. The molecule has 6 nitrogen and oxygen atoms in total. The maximum absolute atomic E-state index is 12.9. The van der Waals surface area contributed by atoms with Crippen LogP contribution in [0.2, 0.25) is 0 Å². The summed E-state index contributed by atoms with van der Waals surface area (Å²) in [6, 6.07) is 1.36. The number of H-pyrrole nitrogens is 1. The number of nitrogens with one attached hydrogen (secondary N) is 1. The summed E-state index contributed by atoms with van der Waals surface area (Å²) in [5.74, 6) is 0. The number of alkyl halides is 3. The highest BCUT2D eigenvalue weighted by Crippen LogP contribution is 2.42. The number of rotatable bonds is 3. The van der Waals surface area contributed by atoms with Crippen molar-refractivity contribution < 1.29 is 18.1 Å². The van der Waals surface area contributed by atoms with E-state index >= 15 is 0 Å². The highest BCUT2D eigenvalue weighted by molar-refractivity contribution is 7.99. The van der Waals surface area contributed by atoms with Crippen molar-refractivity contribution in [2.75, 3.05) is 5.73 Å². The third-order valence-electron chi connectivity index (χ3n) is 2.31. The molecule has 0 aliphatic carbocycles. The van der Waals surface area contributed by atoms with Gasteiger partial charge in [0.25, 0.3) is 5.69 Å². The normalized spacial score (nSPS) is 11.6. The molecule has 0 saturated carbocycles. The van der Waals surface area contributed by atoms with Gasteiger partial charge in [-0.3, -0.25) is 10.1 Å². The lowest BCUT2D eigenvalue weighted by Gasteiger charge is -2.12. The third kappa shape index (κ3) is 2.85. The van der Waals surface area contributed by atoms with Crippen molar-refractivity contribution in [3.8, 4) is 0 Å². The minimum Gasteiger partial charge on any atom is -0.393 e. The van der Waals surface area contributed by atoms with Crippen LogP contribution in [0.3, 0.4) is 0 Å². The van der Waals surface area contributed by atoms with Crippen molar-refractivity contribution in [2.24, 2.45) is 0 Å². The number of halogens is 3. The number of imidazole rings is 1. The van der Waals surface area contributed by atoms with Crippen LogP contribution in [0.15, 0.2) is 34.6 Å². The zero-order valence-electron chi connectivity index (χ0n) is 9.64. The molecule has 0 unspecified atom stereocenters. The summed E-state index contributed by atoms with van der Waals surface area (Å²) in [6.45, 7) is 0. The molecule has 1 aromatic carbocycles. The summed E-state index contributed by atoms with van der Waals surface area (Å²) >= 11 is 0.693. The highest BCUT2D eigenvalue weighted by atomic mass is 32.2. The number of nitro benzene ring substituents is 1. The lowest BCUT2D eigenvalue weighted by molar-refractivity contribution is -0.384. The van der Waals surface area contributed by atoms with Crippen LogP contribution in [0.1, 0.15) is 5.56 Å². The maximum Gasteiger partial charge on any atom is 0.417 e. The summed E-state index contributed by atoms with van der Waals surface area (Å²) in [5, 5.41) is 10.9. The Balaban J connectivity index is 2.54. The quantitative estimate of drug-likeness (QED) is 0.516. The number of hydrogen-bond acceptors (Lipinski definition) is 5. The van der Waals surface area contributed by atoms with E-state index in [1.807, 2.05) is 0 Å². The van der Waals surface area contributed by atoms with Crippen LogP contribution in [-0.4, -0.2) is 14.9 Å². The Morgan fingerprint density at radius 3 is 2.60 bits per heavy atom. The second-order valence-electron chi connectivity index (χ2n) is 3.66. The molecule has 3 N–H and O–H groups in total. The SMILES string of the molecule is Nc1cc(Sc2ncc[nH]2)c(C(F)(F)F)cc1[N+](=O)[O-]. The first-order valence-electron chi connectivity index (χ1n) is 5.11. The number of nitro groups is 1. The van der Waals surface area contributed by atoms with E-state index in [4.69, 9.17) is 5.73 Å². The molecule has 0 spiro atoms. The van der Waals surface area contributed by atoms with Gasteiger partial charge in [0.15, 0.2) is 5.16 Å². The van der Waals surface area contributed by atoms with E-state index in [9.17, 15) is 23.3 Å². The van der Waals surface area contributed by atoms with Crippen molar-refractivity contribution in [1.82, 2.24) is 9.97 Å². The van der Waals surface area contributed by atoms with Crippen LogP contribution in [0, 0.1) is 10.1 Å². The van der Waals surface area contributed by atoms with Gasteiger partial charge in [-0.15, -0.1) is 0 Å². The zero-order chi connectivity index (χ0) is 14.9. The number of anilines is 1. The topological polar surface area (TPSA) is 97.8 Å². The highest BCUT2D eigenvalue weighted by Gasteiger charge is 2.36. The summed E-state index contributed by atoms with van der Waals surface area (Å²) in [4.78, 5) is 15.9. The Kier molecular flexibility index (Phi) is 3.57. The molecule has 2 rings (SSSR count). The van der Waals surface area contributed by atoms with Gasteiger partial charge in [-0.25, -0.2) is 4.98 Å². The van der Waals surface area contributed by atoms with Gasteiger partial charge in [0.05, 0.1) is 10.5 Å². The van der Waals surface area contributed by atoms with Gasteiger partial charge in [0.2, 0.25) is 0 Å². The van der Waals surface area contributed by atoms with E-state index in [0.29, 0.717) is 17.8 Å². The Labute approximate surface area is 114 Å². The molecule has 0 aliphatic rings. The molecule has 10 heteroatoms. The van der Waals surface area contributed by atoms with Crippen molar-refractivity contribution >= 4 is 23.1 Å². The fraction of sp³-hybridized carbons (Fsp3) is 0.100. The summed E-state index contributed by atoms with van der Waals surface area (Å²) in [5.41, 5.74) is 3.17. The van der Waals surface area contributed by atoms with E-state index in [1.54, 1.807) is 0 Å². The van der Waals surface area contributed by atoms with Gasteiger partial charge in [-0.05, 0) is 6.07 Å². The largest absolute Gasteiger partial charge is 0.417 e. The number of hydrogen-bond donors (Lipinski definition) is 2. The molecule has 2 aromatic rings. The summed E-state index contributed by atoms with van der Waals surface area (Å²) < 4.78 is 38.8. The van der Waals surface area contributed by atoms with E-state index in [2.05, 4.69) is 9.97 Å². The lowest BCUT2D eigenvalue weighted by atomic mass is 10.1. The number of benzene rings is 1. The fourth-order valence-electron chi connectivity index (χ4n) is 1.46. The number of nitrogens with two attached hydrogens (primary N) is 1. The van der Waals surface area contributed by atoms with Gasteiger partial charge in [-0.2, -0.15) is 13.2 Å². The van der Waals surface area contributed by atoms with Crippen LogP contribution >= 0.6 is 11.8 Å². The van der Waals surface area contributed by atoms with Crippen molar-refractivity contribution in [3.63, 3.8) is 0 Å². The first-order chi connectivity index (χ1) is 9.29. The molecule has 1 heterocycles. The molecule has 0 aliphatic heterocycles. The van der Waals surface area contributed by atoms with E-state index in [1.165, 1.54) is 12.4 Å². The number of aromatic nitrogens is 2. The van der Waals surface area contributed by atoms with Crippen LogP contribution < -0.4 is 5.73 Å². The van der Waals surface area contributed by atoms with Gasteiger partial charge in [0, 0.05) is 23.4 Å². The molecule has 0 saturated heterocycles. The fourth-order valence-corrected chi connectivity index (χ4v) is 2.38. The Hall–Kier alpha value is -2.23. The van der Waals surface area contributed by atoms with Gasteiger partial charge in [0.1, 0.15) is 5.69 Å². The second-order valence-corrected chi connectivity index (χ2v) is 4.69. The lowest BCUT2D eigenvalue weighted by Crippen LogP contribution is -2.09. The van der Waals surface area contributed by atoms with Crippen LogP contribution in [0.5, 0.6) is 0 Å². The molecule has 1 aromatic heterocycles. The average molecular weight is 304 g/mol. The molecule has 106 valence electrons.